The lowest BCUT2D eigenvalue weighted by Gasteiger charge is -2.22. The van der Waals surface area contributed by atoms with Crippen LogP contribution in [0.1, 0.15) is 12.1 Å². The highest BCUT2D eigenvalue weighted by Crippen LogP contribution is 2.25. The first-order valence-corrected chi connectivity index (χ1v) is 6.54. The van der Waals surface area contributed by atoms with E-state index < -0.39 is 28.3 Å². The van der Waals surface area contributed by atoms with Gasteiger partial charge in [-0.25, -0.2) is 13.5 Å². The molecular formula is C8H10F2N2O4S. The van der Waals surface area contributed by atoms with Crippen molar-refractivity contribution in [3.05, 3.63) is 11.8 Å². The molecule has 0 aromatic carbocycles. The Morgan fingerprint density at radius 2 is 2.35 bits per heavy atom. The highest BCUT2D eigenvalue weighted by Gasteiger charge is 2.26. The van der Waals surface area contributed by atoms with Crippen molar-refractivity contribution in [3.8, 4) is 5.88 Å². The van der Waals surface area contributed by atoms with Crippen molar-refractivity contribution in [2.24, 2.45) is 0 Å². The van der Waals surface area contributed by atoms with Gasteiger partial charge in [-0.15, -0.1) is 0 Å². The van der Waals surface area contributed by atoms with E-state index in [2.05, 4.69) is 5.10 Å². The van der Waals surface area contributed by atoms with Crippen molar-refractivity contribution in [2.75, 3.05) is 12.9 Å². The summed E-state index contributed by atoms with van der Waals surface area (Å²) in [6, 6.07) is 1.13. The summed E-state index contributed by atoms with van der Waals surface area (Å²) in [5, 5.41) is 3.60. The predicted molar refractivity (Wildman–Crippen MR) is 52.4 cm³/mol. The van der Waals surface area contributed by atoms with Gasteiger partial charge in [-0.05, 0) is 0 Å². The summed E-state index contributed by atoms with van der Waals surface area (Å²) in [6.07, 6.45) is -2.52. The number of ether oxygens (including phenoxy) is 1. The Hall–Kier alpha value is -1.22. The van der Waals surface area contributed by atoms with E-state index in [1.165, 1.54) is 4.68 Å². The van der Waals surface area contributed by atoms with Gasteiger partial charge in [0.05, 0.1) is 12.8 Å². The minimum Gasteiger partial charge on any atom is -0.475 e. The van der Waals surface area contributed by atoms with Crippen molar-refractivity contribution < 1.29 is 26.1 Å². The lowest BCUT2D eigenvalue weighted by atomic mass is 10.3. The smallest absolute Gasteiger partial charge is 0.282 e. The van der Waals surface area contributed by atoms with E-state index in [1.54, 1.807) is 0 Å². The van der Waals surface area contributed by atoms with Gasteiger partial charge >= 0.3 is 0 Å². The molecule has 0 amide bonds. The van der Waals surface area contributed by atoms with Crippen LogP contribution in [-0.2, 0) is 20.8 Å². The van der Waals surface area contributed by atoms with Crippen LogP contribution in [0.3, 0.4) is 0 Å². The molecule has 0 radical (unpaired) electrons. The molecular weight excluding hydrogens is 258 g/mol. The van der Waals surface area contributed by atoms with E-state index >= 15 is 0 Å². The molecule has 17 heavy (non-hydrogen) atoms. The van der Waals surface area contributed by atoms with Crippen LogP contribution in [0, 0.1) is 0 Å². The second-order valence-corrected chi connectivity index (χ2v) is 5.22. The van der Waals surface area contributed by atoms with Crippen molar-refractivity contribution in [3.63, 3.8) is 0 Å². The molecule has 6 nitrogen and oxygen atoms in total. The normalized spacial score (nSPS) is 20.1. The Kier molecular flexibility index (Phi) is 3.04. The van der Waals surface area contributed by atoms with E-state index in [-0.39, 0.29) is 19.0 Å². The molecule has 0 saturated carbocycles. The zero-order chi connectivity index (χ0) is 12.6. The zero-order valence-corrected chi connectivity index (χ0v) is 9.65. The predicted octanol–water partition coefficient (Wildman–Crippen LogP) is 0.558. The lowest BCUT2D eigenvalue weighted by molar-refractivity contribution is 0.0789. The van der Waals surface area contributed by atoms with Gasteiger partial charge in [0.2, 0.25) is 5.88 Å². The molecule has 2 rings (SSSR count). The highest BCUT2D eigenvalue weighted by atomic mass is 32.2. The van der Waals surface area contributed by atoms with Crippen LogP contribution < -0.4 is 4.74 Å². The van der Waals surface area contributed by atoms with Gasteiger partial charge in [0.1, 0.15) is 18.4 Å². The average Bonchev–Trinajstić information content (AvgIpc) is 2.57. The lowest BCUT2D eigenvalue weighted by Crippen LogP contribution is -2.34. The largest absolute Gasteiger partial charge is 0.475 e. The number of fused-ring (bicyclic) bond motifs is 1. The first-order chi connectivity index (χ1) is 7.85. The molecule has 0 bridgehead atoms. The van der Waals surface area contributed by atoms with Gasteiger partial charge in [-0.2, -0.15) is 13.5 Å². The van der Waals surface area contributed by atoms with Crippen LogP contribution in [-0.4, -0.2) is 37.2 Å². The molecule has 0 aliphatic carbocycles. The molecule has 1 aliphatic rings. The first kappa shape index (κ1) is 12.2. The number of rotatable bonds is 3. The highest BCUT2D eigenvalue weighted by molar-refractivity contribution is 7.86. The van der Waals surface area contributed by atoms with Crippen LogP contribution in [0.25, 0.3) is 0 Å². The fourth-order valence-electron chi connectivity index (χ4n) is 1.50. The molecule has 0 fully saturated rings. The number of halogens is 2. The van der Waals surface area contributed by atoms with Crippen LogP contribution in [0.2, 0.25) is 0 Å². The van der Waals surface area contributed by atoms with Crippen molar-refractivity contribution >= 4 is 10.1 Å². The summed E-state index contributed by atoms with van der Waals surface area (Å²) in [7, 11) is -3.61. The van der Waals surface area contributed by atoms with E-state index in [1.807, 2.05) is 0 Å². The fraction of sp³-hybridized carbons (Fsp3) is 0.625. The van der Waals surface area contributed by atoms with Gasteiger partial charge in [0.15, 0.2) is 0 Å². The number of nitrogens with zero attached hydrogens (tertiary/aromatic N) is 2. The van der Waals surface area contributed by atoms with Gasteiger partial charge < -0.3 is 4.74 Å². The number of aromatic nitrogens is 2. The first-order valence-electron chi connectivity index (χ1n) is 4.72. The molecule has 0 spiro atoms. The topological polar surface area (TPSA) is 70.4 Å². The monoisotopic (exact) mass is 268 g/mol. The summed E-state index contributed by atoms with van der Waals surface area (Å²) in [6.45, 7) is 0.0521. The van der Waals surface area contributed by atoms with Crippen LogP contribution in [0.5, 0.6) is 5.88 Å². The maximum atomic E-state index is 12.4. The zero-order valence-electron chi connectivity index (χ0n) is 8.84. The maximum absolute atomic E-state index is 12.4. The Balaban J connectivity index is 2.13. The number of alkyl halides is 2. The standard InChI is InChI=1S/C8H10F2N2O4S/c1-17(13,14)16-5-3-12-7(15-4-5)2-6(11-12)8(9)10/h2,5,8H,3-4H2,1H3/t5-/m1/s1. The number of hydrogen-bond acceptors (Lipinski definition) is 5. The minimum atomic E-state index is -3.61. The summed E-state index contributed by atoms with van der Waals surface area (Å²) in [5.74, 6) is 0.189. The second-order valence-electron chi connectivity index (χ2n) is 3.62. The number of hydrogen-bond donors (Lipinski definition) is 0. The Labute approximate surface area is 96.3 Å². The molecule has 1 atom stereocenters. The quantitative estimate of drug-likeness (QED) is 0.749. The van der Waals surface area contributed by atoms with Crippen LogP contribution in [0.4, 0.5) is 8.78 Å². The van der Waals surface area contributed by atoms with Crippen LogP contribution in [0.15, 0.2) is 6.07 Å². The van der Waals surface area contributed by atoms with E-state index in [0.717, 1.165) is 12.3 Å². The Morgan fingerprint density at radius 3 is 2.94 bits per heavy atom. The third kappa shape index (κ3) is 2.91. The summed E-state index contributed by atoms with van der Waals surface area (Å²) in [5.41, 5.74) is -0.403. The van der Waals surface area contributed by atoms with Crippen molar-refractivity contribution in [2.45, 2.75) is 19.1 Å². The minimum absolute atomic E-state index is 0.0125. The van der Waals surface area contributed by atoms with E-state index in [9.17, 15) is 17.2 Å². The van der Waals surface area contributed by atoms with Crippen molar-refractivity contribution in [1.29, 1.82) is 0 Å². The molecule has 0 N–H and O–H groups in total. The molecule has 96 valence electrons. The van der Waals surface area contributed by atoms with Gasteiger partial charge in [0.25, 0.3) is 16.5 Å². The summed E-state index contributed by atoms with van der Waals surface area (Å²) < 4.78 is 57.5. The summed E-state index contributed by atoms with van der Waals surface area (Å²) >= 11 is 0. The molecule has 0 saturated heterocycles. The van der Waals surface area contributed by atoms with Gasteiger partial charge in [-0.3, -0.25) is 4.18 Å². The van der Waals surface area contributed by atoms with E-state index in [4.69, 9.17) is 8.92 Å². The molecule has 2 heterocycles. The Morgan fingerprint density at radius 1 is 1.65 bits per heavy atom. The second kappa shape index (κ2) is 4.22. The molecule has 0 unspecified atom stereocenters. The van der Waals surface area contributed by atoms with E-state index in [0.29, 0.717) is 0 Å². The van der Waals surface area contributed by atoms with Crippen LogP contribution >= 0.6 is 0 Å². The summed E-state index contributed by atoms with van der Waals surface area (Å²) in [4.78, 5) is 0. The SMILES string of the molecule is CS(=O)(=O)O[C@H]1COc2cc(C(F)F)nn2C1. The Bertz CT molecular complexity index is 514. The third-order valence-corrected chi connectivity index (χ3v) is 2.71. The fourth-order valence-corrected chi connectivity index (χ4v) is 2.11. The molecule has 1 aromatic heterocycles. The van der Waals surface area contributed by atoms with Crippen molar-refractivity contribution in [1.82, 2.24) is 9.78 Å². The average molecular weight is 268 g/mol. The molecule has 9 heteroatoms. The maximum Gasteiger partial charge on any atom is 0.282 e. The molecule has 1 aromatic rings. The third-order valence-electron chi connectivity index (χ3n) is 2.09. The van der Waals surface area contributed by atoms with Gasteiger partial charge in [-0.1, -0.05) is 0 Å². The van der Waals surface area contributed by atoms with Gasteiger partial charge in [0, 0.05) is 6.07 Å². The molecule has 1 aliphatic heterocycles.